The maximum Gasteiger partial charge on any atom is 0.239 e. The molecule has 0 saturated carbocycles. The molecule has 1 aliphatic heterocycles. The topological polar surface area (TPSA) is 98.5 Å². The van der Waals surface area contributed by atoms with Crippen LogP contribution in [0.5, 0.6) is 0 Å². The van der Waals surface area contributed by atoms with Gasteiger partial charge in [-0.25, -0.2) is 9.88 Å². The van der Waals surface area contributed by atoms with Gasteiger partial charge in [0.2, 0.25) is 16.9 Å². The number of nitriles is 1. The fourth-order valence-corrected chi connectivity index (χ4v) is 7.98. The Labute approximate surface area is 239 Å². The summed E-state index contributed by atoms with van der Waals surface area (Å²) in [6, 6.07) is 32.9. The van der Waals surface area contributed by atoms with Gasteiger partial charge in [0.15, 0.2) is 0 Å². The molecule has 0 unspecified atom stereocenters. The van der Waals surface area contributed by atoms with E-state index >= 15 is 0 Å². The maximum absolute atomic E-state index is 14.5. The molecule has 1 saturated heterocycles. The molecule has 2 amide bonds. The van der Waals surface area contributed by atoms with Crippen molar-refractivity contribution in [3.8, 4) is 6.07 Å². The molecule has 41 heavy (non-hydrogen) atoms. The normalized spacial score (nSPS) is 23.9. The zero-order valence-corrected chi connectivity index (χ0v) is 22.4. The average Bonchev–Trinajstić information content (AvgIpc) is 3.55. The molecular weight excluding hydrogens is 530 g/mol. The van der Waals surface area contributed by atoms with Crippen LogP contribution < -0.4 is 10.3 Å². The molecule has 4 aliphatic rings. The molecule has 0 radical (unpaired) electrons. The van der Waals surface area contributed by atoms with Gasteiger partial charge in [-0.1, -0.05) is 84.1 Å². The van der Waals surface area contributed by atoms with E-state index in [1.54, 1.807) is 30.5 Å². The van der Waals surface area contributed by atoms with Gasteiger partial charge >= 0.3 is 0 Å². The van der Waals surface area contributed by atoms with Crippen molar-refractivity contribution in [3.63, 3.8) is 0 Å². The van der Waals surface area contributed by atoms with Crippen LogP contribution in [0.1, 0.15) is 33.7 Å². The number of carbonyl (C=O) groups excluding carboxylic acids is 2. The van der Waals surface area contributed by atoms with Gasteiger partial charge in [0.1, 0.15) is 6.07 Å². The fraction of sp³-hybridized carbons (Fsp3) is 0.121. The molecule has 2 bridgehead atoms. The molecule has 2 heterocycles. The number of thiazole rings is 1. The Kier molecular flexibility index (Phi) is 5.03. The lowest BCUT2D eigenvalue weighted by atomic mass is 9.47. The summed E-state index contributed by atoms with van der Waals surface area (Å²) in [5.74, 6) is -2.24. The van der Waals surface area contributed by atoms with E-state index in [4.69, 9.17) is 5.10 Å². The van der Waals surface area contributed by atoms with E-state index in [0.717, 1.165) is 32.5 Å². The van der Waals surface area contributed by atoms with Crippen LogP contribution in [0.3, 0.4) is 0 Å². The van der Waals surface area contributed by atoms with Crippen molar-refractivity contribution in [2.24, 2.45) is 16.9 Å². The van der Waals surface area contributed by atoms with Crippen molar-refractivity contribution in [1.29, 1.82) is 5.26 Å². The molecule has 7 nitrogen and oxygen atoms in total. The minimum atomic E-state index is -1.00. The Balaban J connectivity index is 1.33. The summed E-state index contributed by atoms with van der Waals surface area (Å²) in [6.07, 6.45) is 1.80. The maximum atomic E-state index is 14.5. The van der Waals surface area contributed by atoms with Crippen molar-refractivity contribution in [1.82, 2.24) is 4.98 Å². The summed E-state index contributed by atoms with van der Waals surface area (Å²) >= 11 is 1.50. The predicted molar refractivity (Wildman–Crippen MR) is 158 cm³/mol. The number of hydrazone groups is 1. The van der Waals surface area contributed by atoms with E-state index in [9.17, 15) is 14.9 Å². The number of hydrogen-bond donors (Lipinski definition) is 1. The lowest BCUT2D eigenvalue weighted by molar-refractivity contribution is -0.122. The lowest BCUT2D eigenvalue weighted by Crippen LogP contribution is -2.54. The third-order valence-electron chi connectivity index (χ3n) is 8.67. The van der Waals surface area contributed by atoms with Gasteiger partial charge < -0.3 is 0 Å². The zero-order valence-electron chi connectivity index (χ0n) is 21.6. The lowest BCUT2D eigenvalue weighted by Gasteiger charge is -2.52. The van der Waals surface area contributed by atoms with Crippen molar-refractivity contribution in [2.45, 2.75) is 11.3 Å². The SMILES string of the molecule is N#Cc1ccccc1N1C(=O)[C@@H]2[C@@H](C1=O)C1c3ccccc3C2(/C=N\Nc2nc3ccccc3s2)c2ccccc21. The molecule has 1 fully saturated rings. The van der Waals surface area contributed by atoms with Gasteiger partial charge in [0.25, 0.3) is 0 Å². The van der Waals surface area contributed by atoms with Crippen molar-refractivity contribution >= 4 is 50.4 Å². The Hall–Kier alpha value is -5.13. The third-order valence-corrected chi connectivity index (χ3v) is 9.61. The number of nitrogens with one attached hydrogen (secondary N) is 1. The highest BCUT2D eigenvalue weighted by Crippen LogP contribution is 2.63. The molecule has 0 spiro atoms. The standard InChI is InChI=1S/C33H21N5O2S/c34-17-19-9-1-7-15-25(19)38-30(39)28-27-20-10-2-4-12-22(20)33(29(28)31(38)40,23-13-5-3-11-21(23)27)18-35-37-32-36-24-14-6-8-16-26(24)41-32/h1-16,18,27-29H,(H,36,37)/b35-18-/t27?,28-,29-,33?/m0/s1. The Morgan fingerprint density at radius 3 is 2.27 bits per heavy atom. The molecular formula is C33H21N5O2S. The number of rotatable bonds is 4. The van der Waals surface area contributed by atoms with Crippen LogP contribution in [0.2, 0.25) is 0 Å². The predicted octanol–water partition coefficient (Wildman–Crippen LogP) is 5.82. The third kappa shape index (κ3) is 3.12. The highest BCUT2D eigenvalue weighted by Gasteiger charge is 2.68. The number of para-hydroxylation sites is 2. The second kappa shape index (κ2) is 8.68. The molecule has 5 aromatic rings. The molecule has 4 aromatic carbocycles. The number of imide groups is 1. The molecule has 196 valence electrons. The van der Waals surface area contributed by atoms with Crippen LogP contribution in [0.25, 0.3) is 10.2 Å². The number of aromatic nitrogens is 1. The highest BCUT2D eigenvalue weighted by atomic mass is 32.1. The van der Waals surface area contributed by atoms with Crippen LogP contribution in [-0.4, -0.2) is 23.0 Å². The van der Waals surface area contributed by atoms with Crippen molar-refractivity contribution in [3.05, 3.63) is 125 Å². The van der Waals surface area contributed by atoms with Gasteiger partial charge in [0, 0.05) is 12.1 Å². The van der Waals surface area contributed by atoms with Crippen LogP contribution >= 0.6 is 11.3 Å². The van der Waals surface area contributed by atoms with E-state index < -0.39 is 17.3 Å². The quantitative estimate of drug-likeness (QED) is 0.173. The number of hydrogen-bond acceptors (Lipinski definition) is 7. The summed E-state index contributed by atoms with van der Waals surface area (Å²) in [7, 11) is 0. The summed E-state index contributed by atoms with van der Waals surface area (Å²) in [5.41, 5.74) is 7.59. The zero-order chi connectivity index (χ0) is 27.7. The first-order valence-electron chi connectivity index (χ1n) is 13.3. The van der Waals surface area contributed by atoms with E-state index in [0.29, 0.717) is 10.8 Å². The number of fused-ring (bicyclic) bond motifs is 1. The summed E-state index contributed by atoms with van der Waals surface area (Å²) in [6.45, 7) is 0. The molecule has 2 atom stereocenters. The smallest absolute Gasteiger partial charge is 0.239 e. The Bertz CT molecular complexity index is 1910. The minimum Gasteiger partial charge on any atom is -0.274 e. The van der Waals surface area contributed by atoms with E-state index in [2.05, 4.69) is 28.6 Å². The van der Waals surface area contributed by atoms with Gasteiger partial charge in [-0.3, -0.25) is 15.0 Å². The molecule has 8 heteroatoms. The Morgan fingerprint density at radius 1 is 0.878 bits per heavy atom. The number of anilines is 2. The summed E-state index contributed by atoms with van der Waals surface area (Å²) in [4.78, 5) is 34.7. The van der Waals surface area contributed by atoms with E-state index in [1.165, 1.54) is 16.2 Å². The van der Waals surface area contributed by atoms with E-state index in [1.807, 2.05) is 60.7 Å². The van der Waals surface area contributed by atoms with E-state index in [-0.39, 0.29) is 23.3 Å². The van der Waals surface area contributed by atoms with Crippen molar-refractivity contribution < 1.29 is 9.59 Å². The fourth-order valence-electron chi connectivity index (χ4n) is 7.16. The molecule has 1 N–H and O–H groups in total. The van der Waals surface area contributed by atoms with Gasteiger partial charge in [-0.2, -0.15) is 10.4 Å². The van der Waals surface area contributed by atoms with Gasteiger partial charge in [-0.05, 0) is 46.5 Å². The first-order valence-corrected chi connectivity index (χ1v) is 14.2. The molecule has 1 aromatic heterocycles. The number of benzene rings is 4. The average molecular weight is 552 g/mol. The first kappa shape index (κ1) is 23.7. The largest absolute Gasteiger partial charge is 0.274 e. The van der Waals surface area contributed by atoms with Gasteiger partial charge in [-0.15, -0.1) is 0 Å². The highest BCUT2D eigenvalue weighted by molar-refractivity contribution is 7.22. The number of nitrogens with zero attached hydrogens (tertiary/aromatic N) is 4. The number of carbonyl (C=O) groups is 2. The molecule has 3 aliphatic carbocycles. The van der Waals surface area contributed by atoms with Gasteiger partial charge in [0.05, 0.1) is 38.7 Å². The minimum absolute atomic E-state index is 0.282. The van der Waals surface area contributed by atoms with Crippen LogP contribution in [0.15, 0.2) is 102 Å². The van der Waals surface area contributed by atoms with Crippen LogP contribution in [-0.2, 0) is 15.0 Å². The van der Waals surface area contributed by atoms with Crippen LogP contribution in [0, 0.1) is 23.2 Å². The summed E-state index contributed by atoms with van der Waals surface area (Å²) < 4.78 is 1.04. The van der Waals surface area contributed by atoms with Crippen molar-refractivity contribution in [2.75, 3.05) is 10.3 Å². The number of amides is 2. The second-order valence-corrected chi connectivity index (χ2v) is 11.6. The van der Waals surface area contributed by atoms with Crippen LogP contribution in [0.4, 0.5) is 10.8 Å². The first-order chi connectivity index (χ1) is 20.1. The second-order valence-electron chi connectivity index (χ2n) is 10.5. The Morgan fingerprint density at radius 2 is 1.54 bits per heavy atom. The molecule has 9 rings (SSSR count). The monoisotopic (exact) mass is 551 g/mol. The summed E-state index contributed by atoms with van der Waals surface area (Å²) in [5, 5.41) is 15.2.